The molecule has 562 valence electrons. The fourth-order valence-electron chi connectivity index (χ4n) is 13.7. The second-order valence-corrected chi connectivity index (χ2v) is 31.7. The van der Waals surface area contributed by atoms with E-state index >= 15 is 0 Å². The summed E-state index contributed by atoms with van der Waals surface area (Å²) < 4.78 is 98.0. The van der Waals surface area contributed by atoms with Gasteiger partial charge in [-0.15, -0.1) is 0 Å². The number of benzene rings is 8. The maximum atomic E-state index is 13.9. The number of fused-ring (bicyclic) bond motifs is 4. The highest BCUT2D eigenvalue weighted by Gasteiger charge is 2.36. The van der Waals surface area contributed by atoms with Crippen LogP contribution in [0, 0.1) is 41.5 Å². The third-order valence-electron chi connectivity index (χ3n) is 19.5. The van der Waals surface area contributed by atoms with Gasteiger partial charge in [-0.05, 0) is 223 Å². The number of guanidine groups is 2. The maximum absolute atomic E-state index is 13.9. The summed E-state index contributed by atoms with van der Waals surface area (Å²) in [6.07, 6.45) is 3.91. The highest BCUT2D eigenvalue weighted by Crippen LogP contribution is 2.47. The SMILES string of the molecule is Cc1c(C)c(S(=O)(=O)NC(N)=NCCC[C@@H](NC(=O)CCCOc2ccc3ccccc3c2-c2c(OCCCC(=O)N[C@H](CCCN=C(N)NS(=O)(=O)c3c(C)c(C)c4c(c3C)CCC(C)(C)O4)C(=O)OCc3ccccc3)ccc3ccccc23)C(=O)OCc2ccccc2)c(C)c2c1OC(C)(C)CC2. The lowest BCUT2D eigenvalue weighted by atomic mass is 9.88. The van der Waals surface area contributed by atoms with E-state index in [1.807, 2.05) is 175 Å². The first-order valence-corrected chi connectivity index (χ1v) is 39.1. The van der Waals surface area contributed by atoms with Gasteiger partial charge in [-0.2, -0.15) is 0 Å². The van der Waals surface area contributed by atoms with Crippen molar-refractivity contribution in [2.24, 2.45) is 21.5 Å². The van der Waals surface area contributed by atoms with E-state index in [9.17, 15) is 36.0 Å². The van der Waals surface area contributed by atoms with Crippen molar-refractivity contribution in [3.63, 3.8) is 0 Å². The standard InChI is InChI=1S/C82H98N8O14S2/c1-51-53(3)75(55(5)61-41-43-81(7,8)103-73(51)61)105(95,96)89-79(83)85-45-21-33-65(77(93)101-49-57-25-13-11-14-26-57)87-69(91)35-23-47-99-67-39-37-59-29-17-19-31-63(59)71(67)72-64-32-20-18-30-60(64)38-40-68(72)100-48-24-36-70(92)88-66(78(94)102-50-58-27-15-12-16-28-58)34-22-46-86-80(84)90-106(97,98)76-54(4)52(2)74-62(56(76)6)42-44-82(9,10)104-74/h11-20,25-32,37-40,65-66H,21-24,33-36,41-50H2,1-10H3,(H,87,91)(H,88,92)(H3,83,85,89)(H3,84,86,90)/t65-,66-/m1/s1. The molecule has 8 aromatic carbocycles. The molecule has 2 heterocycles. The van der Waals surface area contributed by atoms with Gasteiger partial charge in [0.1, 0.15) is 59.5 Å². The molecule has 2 aliphatic heterocycles. The number of carbonyl (C=O) groups is 4. The molecule has 0 spiro atoms. The number of sulfonamides is 2. The quantitative estimate of drug-likeness (QED) is 0.0102. The first-order chi connectivity index (χ1) is 50.5. The number of nitrogens with two attached hydrogens (primary N) is 2. The summed E-state index contributed by atoms with van der Waals surface area (Å²) in [5, 5.41) is 9.35. The third kappa shape index (κ3) is 19.4. The molecule has 8 N–H and O–H groups in total. The van der Waals surface area contributed by atoms with Crippen LogP contribution in [0.4, 0.5) is 0 Å². The zero-order chi connectivity index (χ0) is 76.1. The predicted molar refractivity (Wildman–Crippen MR) is 412 cm³/mol. The zero-order valence-corrected chi connectivity index (χ0v) is 63.8. The van der Waals surface area contributed by atoms with Crippen LogP contribution < -0.4 is 50.5 Å². The van der Waals surface area contributed by atoms with Crippen LogP contribution in [0.2, 0.25) is 0 Å². The van der Waals surface area contributed by atoms with Crippen LogP contribution in [0.3, 0.4) is 0 Å². The smallest absolute Gasteiger partial charge is 0.328 e. The summed E-state index contributed by atoms with van der Waals surface area (Å²) in [6.45, 7) is 19.0. The van der Waals surface area contributed by atoms with Gasteiger partial charge >= 0.3 is 11.9 Å². The molecule has 24 heteroatoms. The van der Waals surface area contributed by atoms with Gasteiger partial charge in [0.15, 0.2) is 0 Å². The van der Waals surface area contributed by atoms with E-state index in [2.05, 4.69) is 30.1 Å². The van der Waals surface area contributed by atoms with Crippen LogP contribution >= 0.6 is 0 Å². The van der Waals surface area contributed by atoms with Crippen molar-refractivity contribution in [2.75, 3.05) is 26.3 Å². The molecule has 106 heavy (non-hydrogen) atoms. The second-order valence-electron chi connectivity index (χ2n) is 28.4. The van der Waals surface area contributed by atoms with Crippen LogP contribution in [-0.2, 0) is 74.8 Å². The molecule has 0 aliphatic carbocycles. The average molecular weight is 1480 g/mol. The molecular formula is C82H98N8O14S2. The van der Waals surface area contributed by atoms with Crippen molar-refractivity contribution in [1.29, 1.82) is 0 Å². The minimum Gasteiger partial charge on any atom is -0.493 e. The Hall–Kier alpha value is -10.2. The first-order valence-electron chi connectivity index (χ1n) is 36.1. The summed E-state index contributed by atoms with van der Waals surface area (Å²) >= 11 is 0. The number of nitrogens with one attached hydrogen (secondary N) is 4. The van der Waals surface area contributed by atoms with E-state index in [4.69, 9.17) is 39.9 Å². The number of ether oxygens (including phenoxy) is 6. The monoisotopic (exact) mass is 1480 g/mol. The summed E-state index contributed by atoms with van der Waals surface area (Å²) in [5.41, 5.74) is 20.2. The molecule has 0 aromatic heterocycles. The number of hydrogen-bond donors (Lipinski definition) is 6. The number of esters is 2. The number of aliphatic imine (C=N–C) groups is 2. The molecule has 8 aromatic rings. The number of nitrogens with zero attached hydrogens (tertiary/aromatic N) is 2. The molecule has 0 unspecified atom stereocenters. The molecule has 0 fully saturated rings. The Morgan fingerprint density at radius 2 is 0.849 bits per heavy atom. The fourth-order valence-corrected chi connectivity index (χ4v) is 16.8. The predicted octanol–water partition coefficient (Wildman–Crippen LogP) is 12.6. The van der Waals surface area contributed by atoms with Crippen LogP contribution in [0.5, 0.6) is 23.0 Å². The number of hydrogen-bond acceptors (Lipinski definition) is 16. The van der Waals surface area contributed by atoms with E-state index in [-0.39, 0.29) is 124 Å². The number of amides is 2. The molecule has 10 rings (SSSR count). The molecule has 2 aliphatic rings. The van der Waals surface area contributed by atoms with Crippen molar-refractivity contribution < 1.29 is 64.4 Å². The van der Waals surface area contributed by atoms with E-state index in [0.717, 1.165) is 78.9 Å². The van der Waals surface area contributed by atoms with Crippen molar-refractivity contribution in [2.45, 2.75) is 193 Å². The summed E-state index contributed by atoms with van der Waals surface area (Å²) in [7, 11) is -8.34. The van der Waals surface area contributed by atoms with Crippen LogP contribution in [0.1, 0.15) is 148 Å². The number of rotatable bonds is 31. The average Bonchev–Trinajstić information content (AvgIpc) is 0.764. The first kappa shape index (κ1) is 78.4. The minimum absolute atomic E-state index is 0.0169. The summed E-state index contributed by atoms with van der Waals surface area (Å²) in [6, 6.07) is 39.7. The van der Waals surface area contributed by atoms with Crippen LogP contribution in [0.15, 0.2) is 153 Å². The molecule has 0 bridgehead atoms. The second kappa shape index (κ2) is 34.4. The minimum atomic E-state index is -4.17. The summed E-state index contributed by atoms with van der Waals surface area (Å²) in [4.78, 5) is 64.2. The Kier molecular flexibility index (Phi) is 25.4. The van der Waals surface area contributed by atoms with Crippen molar-refractivity contribution >= 4 is 77.3 Å². The highest BCUT2D eigenvalue weighted by atomic mass is 32.2. The largest absolute Gasteiger partial charge is 0.493 e. The Labute approximate surface area is 621 Å². The topological polar surface area (TPSA) is 317 Å². The lowest BCUT2D eigenvalue weighted by Gasteiger charge is -2.35. The zero-order valence-electron chi connectivity index (χ0n) is 62.2. The molecule has 22 nitrogen and oxygen atoms in total. The Morgan fingerprint density at radius 1 is 0.481 bits per heavy atom. The Balaban J connectivity index is 0.771. The highest BCUT2D eigenvalue weighted by molar-refractivity contribution is 7.90. The third-order valence-corrected chi connectivity index (χ3v) is 22.8. The van der Waals surface area contributed by atoms with Crippen molar-refractivity contribution in [3.8, 4) is 34.1 Å². The maximum Gasteiger partial charge on any atom is 0.328 e. The van der Waals surface area contributed by atoms with E-state index in [1.165, 1.54) is 0 Å². The fraction of sp³-hybridized carbons (Fsp3) is 0.390. The van der Waals surface area contributed by atoms with E-state index in [1.54, 1.807) is 27.7 Å². The molecule has 0 saturated heterocycles. The van der Waals surface area contributed by atoms with Gasteiger partial charge in [-0.25, -0.2) is 35.9 Å². The molecule has 2 atom stereocenters. The Morgan fingerprint density at radius 3 is 1.24 bits per heavy atom. The molecule has 0 saturated carbocycles. The van der Waals surface area contributed by atoms with Gasteiger partial charge in [0, 0.05) is 37.1 Å². The van der Waals surface area contributed by atoms with Gasteiger partial charge in [-0.3, -0.25) is 19.6 Å². The normalized spacial score (nSPS) is 14.7. The molecular weight excluding hydrogens is 1390 g/mol. The van der Waals surface area contributed by atoms with Crippen LogP contribution in [-0.4, -0.2) is 102 Å². The van der Waals surface area contributed by atoms with Crippen molar-refractivity contribution in [1.82, 2.24) is 20.1 Å². The van der Waals surface area contributed by atoms with Gasteiger partial charge in [-0.1, -0.05) is 121 Å². The van der Waals surface area contributed by atoms with Gasteiger partial charge in [0.2, 0.25) is 23.7 Å². The molecule has 0 radical (unpaired) electrons. The lowest BCUT2D eigenvalue weighted by Crippen LogP contribution is -2.42. The Bertz CT molecular complexity index is 4570. The van der Waals surface area contributed by atoms with Gasteiger partial charge in [0.05, 0.1) is 23.0 Å². The van der Waals surface area contributed by atoms with Gasteiger partial charge < -0.3 is 50.5 Å². The van der Waals surface area contributed by atoms with Crippen molar-refractivity contribution in [3.05, 3.63) is 189 Å². The number of carbonyl (C=O) groups excluding carboxylic acids is 4. The van der Waals surface area contributed by atoms with Gasteiger partial charge in [0.25, 0.3) is 20.0 Å². The summed E-state index contributed by atoms with van der Waals surface area (Å²) in [5.74, 6) is -0.312. The van der Waals surface area contributed by atoms with E-state index < -0.39 is 55.9 Å². The molecule has 2 amide bonds. The lowest BCUT2D eigenvalue weighted by molar-refractivity contribution is -0.149. The van der Waals surface area contributed by atoms with E-state index in [0.29, 0.717) is 58.1 Å². The van der Waals surface area contributed by atoms with Crippen LogP contribution in [0.25, 0.3) is 32.7 Å².